The van der Waals surface area contributed by atoms with Crippen molar-refractivity contribution in [1.29, 1.82) is 0 Å². The summed E-state index contributed by atoms with van der Waals surface area (Å²) >= 11 is 0. The van der Waals surface area contributed by atoms with Gasteiger partial charge in [0.15, 0.2) is 0 Å². The zero-order valence-corrected chi connectivity index (χ0v) is 15.1. The molecule has 0 radical (unpaired) electrons. The van der Waals surface area contributed by atoms with Crippen molar-refractivity contribution in [2.24, 2.45) is 5.92 Å². The number of piperidine rings is 1. The van der Waals surface area contributed by atoms with Gasteiger partial charge in [0.05, 0.1) is 5.92 Å². The van der Waals surface area contributed by atoms with Crippen LogP contribution in [0.4, 0.5) is 10.1 Å². The highest BCUT2D eigenvalue weighted by Gasteiger charge is 2.29. The minimum absolute atomic E-state index is 0.0412. The highest BCUT2D eigenvalue weighted by Crippen LogP contribution is 2.22. The molecular weight excluding hydrogens is 331 g/mol. The van der Waals surface area contributed by atoms with Gasteiger partial charge in [0.2, 0.25) is 5.91 Å². The average Bonchev–Trinajstić information content (AvgIpc) is 2.64. The fourth-order valence-corrected chi connectivity index (χ4v) is 3.26. The molecule has 0 spiro atoms. The van der Waals surface area contributed by atoms with Crippen LogP contribution in [0.3, 0.4) is 0 Å². The van der Waals surface area contributed by atoms with Gasteiger partial charge in [0.25, 0.3) is 5.91 Å². The summed E-state index contributed by atoms with van der Waals surface area (Å²) in [5.41, 5.74) is 3.04. The van der Waals surface area contributed by atoms with Crippen LogP contribution >= 0.6 is 0 Å². The summed E-state index contributed by atoms with van der Waals surface area (Å²) in [6, 6.07) is 11.8. The Hall–Kier alpha value is -2.69. The maximum absolute atomic E-state index is 13.2. The second-order valence-corrected chi connectivity index (χ2v) is 6.90. The van der Waals surface area contributed by atoms with Crippen LogP contribution in [0, 0.1) is 25.6 Å². The summed E-state index contributed by atoms with van der Waals surface area (Å²) in [6.07, 6.45) is 1.53. The van der Waals surface area contributed by atoms with Gasteiger partial charge in [0.1, 0.15) is 5.82 Å². The molecule has 2 amide bonds. The lowest BCUT2D eigenvalue weighted by Gasteiger charge is -2.32. The molecule has 5 heteroatoms. The first-order chi connectivity index (χ1) is 12.4. The van der Waals surface area contributed by atoms with Crippen molar-refractivity contribution in [2.45, 2.75) is 26.7 Å². The normalized spacial score (nSPS) is 17.0. The van der Waals surface area contributed by atoms with E-state index in [2.05, 4.69) is 5.32 Å². The van der Waals surface area contributed by atoms with Crippen LogP contribution < -0.4 is 5.32 Å². The molecule has 1 atom stereocenters. The lowest BCUT2D eigenvalue weighted by atomic mass is 9.96. The zero-order chi connectivity index (χ0) is 18.7. The summed E-state index contributed by atoms with van der Waals surface area (Å²) in [4.78, 5) is 27.0. The molecule has 0 aliphatic carbocycles. The lowest BCUT2D eigenvalue weighted by Crippen LogP contribution is -2.43. The topological polar surface area (TPSA) is 49.4 Å². The zero-order valence-electron chi connectivity index (χ0n) is 15.1. The van der Waals surface area contributed by atoms with E-state index < -0.39 is 0 Å². The van der Waals surface area contributed by atoms with Crippen molar-refractivity contribution in [3.63, 3.8) is 0 Å². The fraction of sp³-hybridized carbons (Fsp3) is 0.333. The van der Waals surface area contributed by atoms with Crippen LogP contribution in [0.5, 0.6) is 0 Å². The van der Waals surface area contributed by atoms with Crippen molar-refractivity contribution in [3.05, 3.63) is 65.0 Å². The second kappa shape index (κ2) is 7.68. The van der Waals surface area contributed by atoms with Crippen molar-refractivity contribution >= 4 is 17.5 Å². The Morgan fingerprint density at radius 3 is 2.54 bits per heavy atom. The molecule has 1 unspecified atom stereocenters. The molecule has 0 bridgehead atoms. The number of halogens is 1. The van der Waals surface area contributed by atoms with Gasteiger partial charge in [-0.05, 0) is 62.6 Å². The van der Waals surface area contributed by atoms with Crippen molar-refractivity contribution in [2.75, 3.05) is 18.4 Å². The van der Waals surface area contributed by atoms with E-state index in [0.717, 1.165) is 18.4 Å². The molecule has 2 aromatic carbocycles. The van der Waals surface area contributed by atoms with E-state index in [9.17, 15) is 14.0 Å². The van der Waals surface area contributed by atoms with E-state index in [1.54, 1.807) is 17.9 Å². The Morgan fingerprint density at radius 1 is 1.12 bits per heavy atom. The molecular formula is C21H23FN2O2. The van der Waals surface area contributed by atoms with Crippen LogP contribution in [0.2, 0.25) is 0 Å². The molecule has 0 aromatic heterocycles. The fourth-order valence-electron chi connectivity index (χ4n) is 3.26. The minimum atomic E-state index is -0.326. The van der Waals surface area contributed by atoms with E-state index in [4.69, 9.17) is 0 Å². The SMILES string of the molecule is Cc1ccc(C(=O)N2CCCC(C(=O)Nc3ccc(F)cc3C)C2)cc1. The third-order valence-corrected chi connectivity index (χ3v) is 4.82. The molecule has 1 aliphatic heterocycles. The first kappa shape index (κ1) is 18.1. The molecule has 136 valence electrons. The number of carbonyl (C=O) groups is 2. The maximum Gasteiger partial charge on any atom is 0.253 e. The molecule has 1 fully saturated rings. The predicted molar refractivity (Wildman–Crippen MR) is 99.6 cm³/mol. The van der Waals surface area contributed by atoms with Crippen LogP contribution in [0.25, 0.3) is 0 Å². The van der Waals surface area contributed by atoms with Crippen molar-refractivity contribution in [3.8, 4) is 0 Å². The Kier molecular flexibility index (Phi) is 5.35. The number of rotatable bonds is 3. The number of carbonyl (C=O) groups excluding carboxylic acids is 2. The highest BCUT2D eigenvalue weighted by molar-refractivity contribution is 5.96. The third-order valence-electron chi connectivity index (χ3n) is 4.82. The monoisotopic (exact) mass is 354 g/mol. The van der Waals surface area contributed by atoms with E-state index >= 15 is 0 Å². The molecule has 1 N–H and O–H groups in total. The third kappa shape index (κ3) is 4.10. The minimum Gasteiger partial charge on any atom is -0.338 e. The Bertz CT molecular complexity index is 817. The number of anilines is 1. The van der Waals surface area contributed by atoms with Crippen molar-refractivity contribution < 1.29 is 14.0 Å². The summed E-state index contributed by atoms with van der Waals surface area (Å²) in [6.45, 7) is 4.80. The standard InChI is InChI=1S/C21H23FN2O2/c1-14-5-7-16(8-6-14)21(26)24-11-3-4-17(13-24)20(25)23-19-10-9-18(22)12-15(19)2/h5-10,12,17H,3-4,11,13H2,1-2H3,(H,23,25). The Balaban J connectivity index is 1.66. The summed E-state index contributed by atoms with van der Waals surface area (Å²) in [5.74, 6) is -0.753. The van der Waals surface area contributed by atoms with Gasteiger partial charge >= 0.3 is 0 Å². The molecule has 1 saturated heterocycles. The number of nitrogens with one attached hydrogen (secondary N) is 1. The second-order valence-electron chi connectivity index (χ2n) is 6.90. The number of likely N-dealkylation sites (tertiary alicyclic amines) is 1. The average molecular weight is 354 g/mol. The molecule has 3 rings (SSSR count). The first-order valence-corrected chi connectivity index (χ1v) is 8.87. The Labute approximate surface area is 153 Å². The quantitative estimate of drug-likeness (QED) is 0.908. The molecule has 2 aromatic rings. The van der Waals surface area contributed by atoms with Crippen LogP contribution in [-0.2, 0) is 4.79 Å². The van der Waals surface area contributed by atoms with Gasteiger partial charge in [-0.25, -0.2) is 4.39 Å². The van der Waals surface area contributed by atoms with Crippen LogP contribution in [0.1, 0.15) is 34.3 Å². The summed E-state index contributed by atoms with van der Waals surface area (Å²) in [7, 11) is 0. The molecule has 0 saturated carbocycles. The number of benzene rings is 2. The van der Waals surface area contributed by atoms with E-state index in [-0.39, 0.29) is 23.5 Å². The summed E-state index contributed by atoms with van der Waals surface area (Å²) < 4.78 is 13.2. The van der Waals surface area contributed by atoms with Crippen LogP contribution in [0.15, 0.2) is 42.5 Å². The van der Waals surface area contributed by atoms with Crippen LogP contribution in [-0.4, -0.2) is 29.8 Å². The molecule has 4 nitrogen and oxygen atoms in total. The smallest absolute Gasteiger partial charge is 0.253 e. The van der Waals surface area contributed by atoms with Crippen molar-refractivity contribution in [1.82, 2.24) is 4.90 Å². The first-order valence-electron chi connectivity index (χ1n) is 8.87. The number of aryl methyl sites for hydroxylation is 2. The van der Waals surface area contributed by atoms with E-state index in [0.29, 0.717) is 29.9 Å². The predicted octanol–water partition coefficient (Wildman–Crippen LogP) is 3.93. The number of hydrogen-bond acceptors (Lipinski definition) is 2. The lowest BCUT2D eigenvalue weighted by molar-refractivity contribution is -0.121. The number of nitrogens with zero attached hydrogens (tertiary/aromatic N) is 1. The Morgan fingerprint density at radius 2 is 1.85 bits per heavy atom. The number of hydrogen-bond donors (Lipinski definition) is 1. The molecule has 26 heavy (non-hydrogen) atoms. The van der Waals surface area contributed by atoms with Gasteiger partial charge < -0.3 is 10.2 Å². The largest absolute Gasteiger partial charge is 0.338 e. The van der Waals surface area contributed by atoms with Gasteiger partial charge in [-0.3, -0.25) is 9.59 Å². The van der Waals surface area contributed by atoms with Gasteiger partial charge in [-0.2, -0.15) is 0 Å². The van der Waals surface area contributed by atoms with E-state index in [1.165, 1.54) is 12.1 Å². The number of amides is 2. The van der Waals surface area contributed by atoms with Gasteiger partial charge in [0, 0.05) is 24.3 Å². The van der Waals surface area contributed by atoms with E-state index in [1.807, 2.05) is 31.2 Å². The maximum atomic E-state index is 13.2. The molecule has 1 aliphatic rings. The van der Waals surface area contributed by atoms with Gasteiger partial charge in [-0.15, -0.1) is 0 Å². The molecule has 1 heterocycles. The van der Waals surface area contributed by atoms with Gasteiger partial charge in [-0.1, -0.05) is 17.7 Å². The highest BCUT2D eigenvalue weighted by atomic mass is 19.1. The summed E-state index contributed by atoms with van der Waals surface area (Å²) in [5, 5.41) is 2.87.